The smallest absolute Gasteiger partial charge is 0.325 e. The van der Waals surface area contributed by atoms with Crippen LogP contribution >= 0.6 is 15.9 Å². The second-order valence-electron chi connectivity index (χ2n) is 5.95. The lowest BCUT2D eigenvalue weighted by Crippen LogP contribution is -2.41. The van der Waals surface area contributed by atoms with Gasteiger partial charge in [-0.15, -0.1) is 0 Å². The molecule has 3 aromatic rings. The summed E-state index contributed by atoms with van der Waals surface area (Å²) < 4.78 is 3.42. The third-order valence-corrected chi connectivity index (χ3v) is 5.08. The van der Waals surface area contributed by atoms with E-state index in [1.165, 1.54) is 4.57 Å². The Morgan fingerprint density at radius 1 is 1.12 bits per heavy atom. The Kier molecular flexibility index (Phi) is 5.08. The average molecular weight is 416 g/mol. The Bertz CT molecular complexity index is 1120. The standard InChI is InChI=1S/C19H18BrN3O3/c1-3-22-18(25)14-6-4-5-7-16(14)23(19(22)26)11-17(24)21-13-8-9-15(20)12(2)10-13/h4-10H,3,11H2,1-2H3,(H,21,24). The molecule has 1 heterocycles. The number of aromatic nitrogens is 2. The summed E-state index contributed by atoms with van der Waals surface area (Å²) in [5.41, 5.74) is 1.27. The van der Waals surface area contributed by atoms with Crippen molar-refractivity contribution in [2.45, 2.75) is 26.9 Å². The molecule has 6 nitrogen and oxygen atoms in total. The molecule has 1 aromatic heterocycles. The summed E-state index contributed by atoms with van der Waals surface area (Å²) in [6.07, 6.45) is 0. The number of benzene rings is 2. The maximum Gasteiger partial charge on any atom is 0.331 e. The molecule has 0 spiro atoms. The number of aryl methyl sites for hydroxylation is 1. The quantitative estimate of drug-likeness (QED) is 0.711. The van der Waals surface area contributed by atoms with Crippen LogP contribution in [0.3, 0.4) is 0 Å². The van der Waals surface area contributed by atoms with Gasteiger partial charge in [0.05, 0.1) is 10.9 Å². The summed E-state index contributed by atoms with van der Waals surface area (Å²) in [5.74, 6) is -0.333. The number of amides is 1. The number of carbonyl (C=O) groups is 1. The predicted molar refractivity (Wildman–Crippen MR) is 106 cm³/mol. The molecule has 0 bridgehead atoms. The van der Waals surface area contributed by atoms with Crippen molar-refractivity contribution >= 4 is 38.4 Å². The molecule has 0 aliphatic heterocycles. The van der Waals surface area contributed by atoms with Crippen LogP contribution in [0.2, 0.25) is 0 Å². The maximum absolute atomic E-state index is 12.7. The molecule has 134 valence electrons. The number of hydrogen-bond donors (Lipinski definition) is 1. The van der Waals surface area contributed by atoms with Gasteiger partial charge in [0.2, 0.25) is 5.91 Å². The molecule has 7 heteroatoms. The van der Waals surface area contributed by atoms with Crippen LogP contribution in [0, 0.1) is 6.92 Å². The lowest BCUT2D eigenvalue weighted by Gasteiger charge is -2.13. The highest BCUT2D eigenvalue weighted by Crippen LogP contribution is 2.20. The van der Waals surface area contributed by atoms with Crippen LogP contribution < -0.4 is 16.6 Å². The molecule has 2 aromatic carbocycles. The zero-order valence-corrected chi connectivity index (χ0v) is 16.0. The van der Waals surface area contributed by atoms with Crippen molar-refractivity contribution in [1.29, 1.82) is 0 Å². The molecule has 0 fully saturated rings. The van der Waals surface area contributed by atoms with Gasteiger partial charge >= 0.3 is 5.69 Å². The molecular weight excluding hydrogens is 398 g/mol. The van der Waals surface area contributed by atoms with Crippen LogP contribution in [0.1, 0.15) is 12.5 Å². The monoisotopic (exact) mass is 415 g/mol. The molecule has 1 amide bonds. The molecular formula is C19H18BrN3O3. The first-order valence-corrected chi connectivity index (χ1v) is 9.00. The topological polar surface area (TPSA) is 73.1 Å². The third kappa shape index (κ3) is 3.35. The number of anilines is 1. The van der Waals surface area contributed by atoms with Crippen LogP contribution in [0.15, 0.2) is 56.5 Å². The lowest BCUT2D eigenvalue weighted by atomic mass is 10.2. The predicted octanol–water partition coefficient (Wildman–Crippen LogP) is 2.89. The Hall–Kier alpha value is -2.67. The van der Waals surface area contributed by atoms with E-state index in [0.29, 0.717) is 16.6 Å². The number of para-hydroxylation sites is 1. The van der Waals surface area contributed by atoms with E-state index in [2.05, 4.69) is 21.2 Å². The fourth-order valence-corrected chi connectivity index (χ4v) is 3.12. The van der Waals surface area contributed by atoms with E-state index in [0.717, 1.165) is 14.6 Å². The number of nitrogens with one attached hydrogen (secondary N) is 1. The van der Waals surface area contributed by atoms with Crippen molar-refractivity contribution in [3.63, 3.8) is 0 Å². The van der Waals surface area contributed by atoms with E-state index in [1.807, 2.05) is 19.1 Å². The first-order chi connectivity index (χ1) is 12.4. The number of carbonyl (C=O) groups excluding carboxylic acids is 1. The molecule has 1 N–H and O–H groups in total. The SMILES string of the molecule is CCn1c(=O)c2ccccc2n(CC(=O)Nc2ccc(Br)c(C)c2)c1=O. The van der Waals surface area contributed by atoms with Gasteiger partial charge in [0.15, 0.2) is 0 Å². The third-order valence-electron chi connectivity index (χ3n) is 4.19. The number of fused-ring (bicyclic) bond motifs is 1. The van der Waals surface area contributed by atoms with Crippen molar-refractivity contribution in [1.82, 2.24) is 9.13 Å². The minimum atomic E-state index is -0.488. The van der Waals surface area contributed by atoms with E-state index >= 15 is 0 Å². The van der Waals surface area contributed by atoms with E-state index in [-0.39, 0.29) is 24.6 Å². The molecule has 0 atom stereocenters. The van der Waals surface area contributed by atoms with Gasteiger partial charge in [-0.1, -0.05) is 28.1 Å². The van der Waals surface area contributed by atoms with Gasteiger partial charge in [0, 0.05) is 16.7 Å². The summed E-state index contributed by atoms with van der Waals surface area (Å²) in [6, 6.07) is 12.3. The van der Waals surface area contributed by atoms with E-state index in [1.54, 1.807) is 37.3 Å². The normalized spacial score (nSPS) is 10.9. The zero-order valence-electron chi connectivity index (χ0n) is 14.5. The molecule has 0 aliphatic carbocycles. The highest BCUT2D eigenvalue weighted by Gasteiger charge is 2.14. The molecule has 0 radical (unpaired) electrons. The van der Waals surface area contributed by atoms with Gasteiger partial charge in [-0.2, -0.15) is 0 Å². The van der Waals surface area contributed by atoms with E-state index in [4.69, 9.17) is 0 Å². The Morgan fingerprint density at radius 2 is 1.85 bits per heavy atom. The van der Waals surface area contributed by atoms with Gasteiger partial charge in [0.1, 0.15) is 6.54 Å². The number of rotatable bonds is 4. The Balaban J connectivity index is 2.00. The number of halogens is 1. The van der Waals surface area contributed by atoms with Crippen molar-refractivity contribution in [2.75, 3.05) is 5.32 Å². The van der Waals surface area contributed by atoms with Crippen LogP contribution in [-0.4, -0.2) is 15.0 Å². The van der Waals surface area contributed by atoms with Gasteiger partial charge < -0.3 is 5.32 Å². The maximum atomic E-state index is 12.7. The molecule has 0 saturated heterocycles. The van der Waals surface area contributed by atoms with E-state index in [9.17, 15) is 14.4 Å². The molecule has 0 aliphatic rings. The Morgan fingerprint density at radius 3 is 2.54 bits per heavy atom. The molecule has 26 heavy (non-hydrogen) atoms. The fraction of sp³-hybridized carbons (Fsp3) is 0.211. The second kappa shape index (κ2) is 7.29. The van der Waals surface area contributed by atoms with Crippen LogP contribution in [0.5, 0.6) is 0 Å². The molecule has 0 saturated carbocycles. The van der Waals surface area contributed by atoms with Gasteiger partial charge in [-0.25, -0.2) is 4.79 Å². The van der Waals surface area contributed by atoms with E-state index < -0.39 is 5.69 Å². The number of hydrogen-bond acceptors (Lipinski definition) is 3. The average Bonchev–Trinajstić information content (AvgIpc) is 2.62. The van der Waals surface area contributed by atoms with Gasteiger partial charge in [-0.3, -0.25) is 18.7 Å². The molecule has 0 unspecified atom stereocenters. The van der Waals surface area contributed by atoms with Gasteiger partial charge in [-0.05, 0) is 49.7 Å². The van der Waals surface area contributed by atoms with Gasteiger partial charge in [0.25, 0.3) is 5.56 Å². The summed E-state index contributed by atoms with van der Waals surface area (Å²) in [6.45, 7) is 3.73. The summed E-state index contributed by atoms with van der Waals surface area (Å²) in [7, 11) is 0. The van der Waals surface area contributed by atoms with Crippen molar-refractivity contribution in [3.8, 4) is 0 Å². The summed E-state index contributed by atoms with van der Waals surface area (Å²) >= 11 is 3.42. The minimum Gasteiger partial charge on any atom is -0.325 e. The first kappa shape index (κ1) is 18.1. The van der Waals surface area contributed by atoms with Crippen LogP contribution in [0.25, 0.3) is 10.9 Å². The van der Waals surface area contributed by atoms with Crippen molar-refractivity contribution in [3.05, 3.63) is 73.3 Å². The first-order valence-electron chi connectivity index (χ1n) is 8.20. The summed E-state index contributed by atoms with van der Waals surface area (Å²) in [4.78, 5) is 37.6. The highest BCUT2D eigenvalue weighted by atomic mass is 79.9. The van der Waals surface area contributed by atoms with Crippen molar-refractivity contribution < 1.29 is 4.79 Å². The van der Waals surface area contributed by atoms with Crippen LogP contribution in [0.4, 0.5) is 5.69 Å². The largest absolute Gasteiger partial charge is 0.331 e. The Labute approximate surface area is 158 Å². The zero-order chi connectivity index (χ0) is 18.8. The highest BCUT2D eigenvalue weighted by molar-refractivity contribution is 9.10. The van der Waals surface area contributed by atoms with Crippen molar-refractivity contribution in [2.24, 2.45) is 0 Å². The second-order valence-corrected chi connectivity index (χ2v) is 6.80. The molecule has 3 rings (SSSR count). The van der Waals surface area contributed by atoms with Crippen LogP contribution in [-0.2, 0) is 17.9 Å². The number of nitrogens with zero attached hydrogens (tertiary/aromatic N) is 2. The lowest BCUT2D eigenvalue weighted by molar-refractivity contribution is -0.116. The fourth-order valence-electron chi connectivity index (χ4n) is 2.87. The minimum absolute atomic E-state index is 0.172. The summed E-state index contributed by atoms with van der Waals surface area (Å²) in [5, 5.41) is 3.21.